The summed E-state index contributed by atoms with van der Waals surface area (Å²) in [5.41, 5.74) is 0. The van der Waals surface area contributed by atoms with Crippen LogP contribution in [0.15, 0.2) is 0 Å². The lowest BCUT2D eigenvalue weighted by atomic mass is 9.86. The highest BCUT2D eigenvalue weighted by atomic mass is 16.2. The van der Waals surface area contributed by atoms with Crippen LogP contribution in [0.3, 0.4) is 0 Å². The molecular weight excluding hydrogens is 224 g/mol. The van der Waals surface area contributed by atoms with E-state index in [9.17, 15) is 4.79 Å². The van der Waals surface area contributed by atoms with E-state index in [1.54, 1.807) is 0 Å². The summed E-state index contributed by atoms with van der Waals surface area (Å²) < 4.78 is 0. The highest BCUT2D eigenvalue weighted by molar-refractivity contribution is 5.76. The van der Waals surface area contributed by atoms with Crippen LogP contribution < -0.4 is 0 Å². The molecule has 0 N–H and O–H groups in total. The fourth-order valence-electron chi connectivity index (χ4n) is 4.29. The Kier molecular flexibility index (Phi) is 3.60. The Bertz CT molecular complexity index is 310. The quantitative estimate of drug-likeness (QED) is 0.764. The predicted molar refractivity (Wildman–Crippen MR) is 72.2 cm³/mol. The van der Waals surface area contributed by atoms with Crippen LogP contribution in [0.4, 0.5) is 0 Å². The van der Waals surface area contributed by atoms with Crippen molar-refractivity contribution in [1.29, 1.82) is 0 Å². The number of nitrogens with zero attached hydrogens (tertiary/aromatic N) is 2. The van der Waals surface area contributed by atoms with Gasteiger partial charge in [0, 0.05) is 32.6 Å². The second-order valence-corrected chi connectivity index (χ2v) is 6.45. The summed E-state index contributed by atoms with van der Waals surface area (Å²) in [6.07, 6.45) is 6.43. The third-order valence-corrected chi connectivity index (χ3v) is 5.49. The van der Waals surface area contributed by atoms with Crippen LogP contribution in [-0.4, -0.2) is 48.4 Å². The van der Waals surface area contributed by atoms with Crippen molar-refractivity contribution in [1.82, 2.24) is 9.80 Å². The molecule has 102 valence electrons. The lowest BCUT2D eigenvalue weighted by Gasteiger charge is -2.35. The third kappa shape index (κ3) is 2.42. The second-order valence-electron chi connectivity index (χ2n) is 6.45. The average molecular weight is 250 g/mol. The number of rotatable bonds is 3. The fourth-order valence-corrected chi connectivity index (χ4v) is 4.29. The van der Waals surface area contributed by atoms with E-state index in [1.807, 2.05) is 0 Å². The summed E-state index contributed by atoms with van der Waals surface area (Å²) in [5.74, 6) is 3.00. The van der Waals surface area contributed by atoms with Gasteiger partial charge in [-0.3, -0.25) is 4.79 Å². The van der Waals surface area contributed by atoms with Gasteiger partial charge in [0.2, 0.25) is 5.91 Å². The monoisotopic (exact) mass is 250 g/mol. The van der Waals surface area contributed by atoms with E-state index in [2.05, 4.69) is 16.7 Å². The molecule has 3 fully saturated rings. The highest BCUT2D eigenvalue weighted by Gasteiger charge is 2.40. The smallest absolute Gasteiger partial charge is 0.222 e. The zero-order chi connectivity index (χ0) is 12.5. The van der Waals surface area contributed by atoms with E-state index in [0.717, 1.165) is 56.9 Å². The van der Waals surface area contributed by atoms with Crippen LogP contribution in [0, 0.1) is 17.8 Å². The SMILES string of the molecule is CCN1CCN(C(=O)CC2CC3CCC2C3)CC1. The summed E-state index contributed by atoms with van der Waals surface area (Å²) in [7, 11) is 0. The molecule has 2 aliphatic carbocycles. The molecule has 18 heavy (non-hydrogen) atoms. The molecule has 2 saturated carbocycles. The van der Waals surface area contributed by atoms with Gasteiger partial charge in [-0.2, -0.15) is 0 Å². The van der Waals surface area contributed by atoms with Crippen molar-refractivity contribution < 1.29 is 4.79 Å². The first-order chi connectivity index (χ1) is 8.76. The van der Waals surface area contributed by atoms with Crippen LogP contribution in [0.2, 0.25) is 0 Å². The van der Waals surface area contributed by atoms with Crippen LogP contribution in [0.5, 0.6) is 0 Å². The molecule has 0 aromatic heterocycles. The molecule has 0 spiro atoms. The van der Waals surface area contributed by atoms with Gasteiger partial charge in [0.15, 0.2) is 0 Å². The molecule has 1 heterocycles. The van der Waals surface area contributed by atoms with Gasteiger partial charge in [-0.05, 0) is 43.6 Å². The first kappa shape index (κ1) is 12.5. The van der Waals surface area contributed by atoms with Gasteiger partial charge in [0.05, 0.1) is 0 Å². The summed E-state index contributed by atoms with van der Waals surface area (Å²) >= 11 is 0. The number of piperazine rings is 1. The maximum atomic E-state index is 12.3. The lowest BCUT2D eigenvalue weighted by Crippen LogP contribution is -2.48. The minimum atomic E-state index is 0.434. The molecule has 3 aliphatic rings. The highest BCUT2D eigenvalue weighted by Crippen LogP contribution is 2.49. The second kappa shape index (κ2) is 5.20. The Morgan fingerprint density at radius 2 is 1.89 bits per heavy atom. The molecular formula is C15H26N2O. The first-order valence-corrected chi connectivity index (χ1v) is 7.76. The third-order valence-electron chi connectivity index (χ3n) is 5.49. The summed E-state index contributed by atoms with van der Waals surface area (Å²) in [5, 5.41) is 0. The van der Waals surface area contributed by atoms with Crippen molar-refractivity contribution in [2.24, 2.45) is 17.8 Å². The zero-order valence-electron chi connectivity index (χ0n) is 11.6. The topological polar surface area (TPSA) is 23.6 Å². The molecule has 3 atom stereocenters. The van der Waals surface area contributed by atoms with Crippen molar-refractivity contribution in [3.63, 3.8) is 0 Å². The van der Waals surface area contributed by atoms with Crippen molar-refractivity contribution in [2.75, 3.05) is 32.7 Å². The van der Waals surface area contributed by atoms with Gasteiger partial charge in [-0.1, -0.05) is 13.3 Å². The van der Waals surface area contributed by atoms with Crippen molar-refractivity contribution in [2.45, 2.75) is 39.0 Å². The van der Waals surface area contributed by atoms with Crippen LogP contribution in [0.25, 0.3) is 0 Å². The van der Waals surface area contributed by atoms with Gasteiger partial charge in [-0.15, -0.1) is 0 Å². The molecule has 3 nitrogen and oxygen atoms in total. The molecule has 2 bridgehead atoms. The summed E-state index contributed by atoms with van der Waals surface area (Å²) in [6.45, 7) is 7.36. The molecule has 1 saturated heterocycles. The number of carbonyl (C=O) groups excluding carboxylic acids is 1. The Hall–Kier alpha value is -0.570. The molecule has 3 heteroatoms. The Labute approximate surface area is 111 Å². The number of hydrogen-bond acceptors (Lipinski definition) is 2. The number of likely N-dealkylation sites (N-methyl/N-ethyl adjacent to an activating group) is 1. The minimum absolute atomic E-state index is 0.434. The zero-order valence-corrected chi connectivity index (χ0v) is 11.6. The van der Waals surface area contributed by atoms with Crippen LogP contribution in [-0.2, 0) is 4.79 Å². The van der Waals surface area contributed by atoms with E-state index in [-0.39, 0.29) is 0 Å². The molecule has 0 radical (unpaired) electrons. The largest absolute Gasteiger partial charge is 0.340 e. The Morgan fingerprint density at radius 1 is 1.11 bits per heavy atom. The van der Waals surface area contributed by atoms with Crippen molar-refractivity contribution >= 4 is 5.91 Å². The minimum Gasteiger partial charge on any atom is -0.340 e. The van der Waals surface area contributed by atoms with Crippen molar-refractivity contribution in [3.05, 3.63) is 0 Å². The maximum absolute atomic E-state index is 12.3. The van der Waals surface area contributed by atoms with Gasteiger partial charge >= 0.3 is 0 Å². The fraction of sp³-hybridized carbons (Fsp3) is 0.933. The predicted octanol–water partition coefficient (Wildman–Crippen LogP) is 1.98. The average Bonchev–Trinajstić information content (AvgIpc) is 3.01. The first-order valence-electron chi connectivity index (χ1n) is 7.76. The van der Waals surface area contributed by atoms with E-state index >= 15 is 0 Å². The molecule has 0 aromatic rings. The van der Waals surface area contributed by atoms with Gasteiger partial charge in [-0.25, -0.2) is 0 Å². The van der Waals surface area contributed by atoms with Crippen LogP contribution >= 0.6 is 0 Å². The molecule has 3 unspecified atom stereocenters. The Morgan fingerprint density at radius 3 is 2.44 bits per heavy atom. The van der Waals surface area contributed by atoms with Gasteiger partial charge in [0.25, 0.3) is 0 Å². The number of hydrogen-bond donors (Lipinski definition) is 0. The van der Waals surface area contributed by atoms with E-state index in [4.69, 9.17) is 0 Å². The molecule has 1 amide bonds. The molecule has 0 aromatic carbocycles. The standard InChI is InChI=1S/C15H26N2O/c1-2-16-5-7-17(8-6-16)15(18)11-14-10-12-3-4-13(14)9-12/h12-14H,2-11H2,1H3. The van der Waals surface area contributed by atoms with Crippen molar-refractivity contribution in [3.8, 4) is 0 Å². The van der Waals surface area contributed by atoms with E-state index < -0.39 is 0 Å². The number of fused-ring (bicyclic) bond motifs is 2. The number of carbonyl (C=O) groups is 1. The van der Waals surface area contributed by atoms with Gasteiger partial charge in [0.1, 0.15) is 0 Å². The lowest BCUT2D eigenvalue weighted by molar-refractivity contribution is -0.134. The Balaban J connectivity index is 1.47. The molecule has 1 aliphatic heterocycles. The van der Waals surface area contributed by atoms with Crippen LogP contribution in [0.1, 0.15) is 39.0 Å². The maximum Gasteiger partial charge on any atom is 0.222 e. The summed E-state index contributed by atoms with van der Waals surface area (Å²) in [6, 6.07) is 0. The van der Waals surface area contributed by atoms with Gasteiger partial charge < -0.3 is 9.80 Å². The normalized spacial score (nSPS) is 36.3. The van der Waals surface area contributed by atoms with E-state index in [0.29, 0.717) is 5.91 Å². The summed E-state index contributed by atoms with van der Waals surface area (Å²) in [4.78, 5) is 16.9. The number of amides is 1. The van der Waals surface area contributed by atoms with E-state index in [1.165, 1.54) is 25.7 Å². The molecule has 3 rings (SSSR count).